The van der Waals surface area contributed by atoms with E-state index in [1.807, 2.05) is 12.1 Å². The number of hydrogen-bond acceptors (Lipinski definition) is 4. The zero-order valence-electron chi connectivity index (χ0n) is 12.5. The number of nitrogens with one attached hydrogen (secondary N) is 1. The van der Waals surface area contributed by atoms with Crippen LogP contribution in [0.1, 0.15) is 30.0 Å². The van der Waals surface area contributed by atoms with E-state index >= 15 is 0 Å². The second-order valence-corrected chi connectivity index (χ2v) is 5.05. The molecule has 1 aliphatic rings. The standard InChI is InChI=1S/C16H21N3O.2ClH/c1-2-3-4-15(19-9-7-18-8-10-19)14-11-13(12-17)5-6-16(14)20;;/h2,5-6,11,15,18,20H,1,3-4,7-10H2;2*1H/t15-;;/m0../s1. The topological polar surface area (TPSA) is 59.3 Å². The van der Waals surface area contributed by atoms with Crippen LogP contribution in [0.2, 0.25) is 0 Å². The second kappa shape index (κ2) is 10.5. The molecule has 6 heteroatoms. The summed E-state index contributed by atoms with van der Waals surface area (Å²) in [7, 11) is 0. The van der Waals surface area contributed by atoms with Gasteiger partial charge in [-0.1, -0.05) is 6.08 Å². The zero-order valence-corrected chi connectivity index (χ0v) is 14.1. The first-order valence-electron chi connectivity index (χ1n) is 7.05. The summed E-state index contributed by atoms with van der Waals surface area (Å²) in [6, 6.07) is 7.37. The Kier molecular flexibility index (Phi) is 9.88. The Bertz CT molecular complexity index is 511. The molecule has 22 heavy (non-hydrogen) atoms. The molecular weight excluding hydrogens is 321 g/mol. The molecular formula is C16H23Cl2N3O. The number of benzene rings is 1. The summed E-state index contributed by atoms with van der Waals surface area (Å²) in [4.78, 5) is 2.37. The second-order valence-electron chi connectivity index (χ2n) is 5.05. The molecule has 0 bridgehead atoms. The van der Waals surface area contributed by atoms with Crippen molar-refractivity contribution >= 4 is 24.8 Å². The number of piperazine rings is 1. The van der Waals surface area contributed by atoms with Crippen molar-refractivity contribution in [3.8, 4) is 11.8 Å². The Hall–Kier alpha value is -1.25. The Balaban J connectivity index is 0.00000220. The predicted molar refractivity (Wildman–Crippen MR) is 93.9 cm³/mol. The van der Waals surface area contributed by atoms with Gasteiger partial charge in [-0.2, -0.15) is 5.26 Å². The fourth-order valence-corrected chi connectivity index (χ4v) is 2.70. The van der Waals surface area contributed by atoms with Crippen LogP contribution in [0.4, 0.5) is 0 Å². The van der Waals surface area contributed by atoms with E-state index in [2.05, 4.69) is 22.9 Å². The molecule has 1 aromatic rings. The number of halogens is 2. The van der Waals surface area contributed by atoms with Gasteiger partial charge in [-0.05, 0) is 31.0 Å². The highest BCUT2D eigenvalue weighted by atomic mass is 35.5. The third-order valence-corrected chi connectivity index (χ3v) is 3.75. The highest BCUT2D eigenvalue weighted by molar-refractivity contribution is 5.85. The first-order chi connectivity index (χ1) is 9.76. The van der Waals surface area contributed by atoms with Gasteiger partial charge in [-0.15, -0.1) is 31.4 Å². The van der Waals surface area contributed by atoms with Crippen LogP contribution in [0.25, 0.3) is 0 Å². The summed E-state index contributed by atoms with van der Waals surface area (Å²) in [6.07, 6.45) is 3.71. The third kappa shape index (κ3) is 5.19. The molecule has 0 amide bonds. The number of allylic oxidation sites excluding steroid dienone is 1. The zero-order chi connectivity index (χ0) is 14.4. The van der Waals surface area contributed by atoms with Gasteiger partial charge in [0.2, 0.25) is 0 Å². The van der Waals surface area contributed by atoms with Crippen molar-refractivity contribution in [3.05, 3.63) is 42.0 Å². The summed E-state index contributed by atoms with van der Waals surface area (Å²) in [6.45, 7) is 7.62. The van der Waals surface area contributed by atoms with Crippen LogP contribution in [0.15, 0.2) is 30.9 Å². The van der Waals surface area contributed by atoms with Gasteiger partial charge in [0, 0.05) is 37.8 Å². The lowest BCUT2D eigenvalue weighted by Gasteiger charge is -2.35. The lowest BCUT2D eigenvalue weighted by Crippen LogP contribution is -2.45. The molecule has 0 radical (unpaired) electrons. The summed E-state index contributed by atoms with van der Waals surface area (Å²) < 4.78 is 0. The van der Waals surface area contributed by atoms with E-state index in [0.29, 0.717) is 5.56 Å². The van der Waals surface area contributed by atoms with Gasteiger partial charge in [0.25, 0.3) is 0 Å². The molecule has 1 heterocycles. The van der Waals surface area contributed by atoms with Gasteiger partial charge in [-0.3, -0.25) is 4.90 Å². The number of nitriles is 1. The molecule has 1 aromatic carbocycles. The molecule has 1 aliphatic heterocycles. The largest absolute Gasteiger partial charge is 0.508 e. The van der Waals surface area contributed by atoms with Crippen LogP contribution >= 0.6 is 24.8 Å². The van der Waals surface area contributed by atoms with Crippen LogP contribution in [0.3, 0.4) is 0 Å². The molecule has 2 N–H and O–H groups in total. The third-order valence-electron chi connectivity index (χ3n) is 3.75. The highest BCUT2D eigenvalue weighted by Gasteiger charge is 2.24. The fraction of sp³-hybridized carbons (Fsp3) is 0.438. The number of rotatable bonds is 5. The van der Waals surface area contributed by atoms with E-state index < -0.39 is 0 Å². The van der Waals surface area contributed by atoms with E-state index in [1.165, 1.54) is 0 Å². The quantitative estimate of drug-likeness (QED) is 0.806. The van der Waals surface area contributed by atoms with Crippen molar-refractivity contribution in [1.29, 1.82) is 5.26 Å². The smallest absolute Gasteiger partial charge is 0.120 e. The molecule has 4 nitrogen and oxygen atoms in total. The maximum absolute atomic E-state index is 10.2. The monoisotopic (exact) mass is 343 g/mol. The minimum absolute atomic E-state index is 0. The van der Waals surface area contributed by atoms with Crippen molar-refractivity contribution < 1.29 is 5.11 Å². The van der Waals surface area contributed by atoms with Crippen LogP contribution in [0, 0.1) is 11.3 Å². The van der Waals surface area contributed by atoms with Crippen LogP contribution in [-0.2, 0) is 0 Å². The average molecular weight is 344 g/mol. The van der Waals surface area contributed by atoms with E-state index in [1.54, 1.807) is 12.1 Å². The molecule has 0 unspecified atom stereocenters. The summed E-state index contributed by atoms with van der Waals surface area (Å²) in [5.41, 5.74) is 1.45. The normalized spacial score (nSPS) is 15.8. The van der Waals surface area contributed by atoms with Crippen molar-refractivity contribution in [2.75, 3.05) is 26.2 Å². The molecule has 1 fully saturated rings. The van der Waals surface area contributed by atoms with E-state index in [9.17, 15) is 5.11 Å². The minimum Gasteiger partial charge on any atom is -0.508 e. The maximum Gasteiger partial charge on any atom is 0.120 e. The van der Waals surface area contributed by atoms with Crippen LogP contribution < -0.4 is 5.32 Å². The summed E-state index contributed by atoms with van der Waals surface area (Å²) in [5, 5.41) is 22.5. The van der Waals surface area contributed by atoms with Gasteiger partial charge in [0.15, 0.2) is 0 Å². The molecule has 0 aliphatic carbocycles. The number of phenolic OH excluding ortho intramolecular Hbond substituents is 1. The first-order valence-corrected chi connectivity index (χ1v) is 7.05. The molecule has 1 saturated heterocycles. The minimum atomic E-state index is 0. The van der Waals surface area contributed by atoms with Crippen molar-refractivity contribution in [1.82, 2.24) is 10.2 Å². The number of nitrogens with zero attached hydrogens (tertiary/aromatic N) is 2. The Morgan fingerprint density at radius 2 is 2.05 bits per heavy atom. The maximum atomic E-state index is 10.2. The number of hydrogen-bond donors (Lipinski definition) is 2. The molecule has 0 spiro atoms. The molecule has 122 valence electrons. The number of phenols is 1. The Morgan fingerprint density at radius 1 is 1.36 bits per heavy atom. The molecule has 0 aromatic heterocycles. The first kappa shape index (κ1) is 20.8. The molecule has 2 rings (SSSR count). The predicted octanol–water partition coefficient (Wildman–Crippen LogP) is 3.02. The Morgan fingerprint density at radius 3 is 2.64 bits per heavy atom. The van der Waals surface area contributed by atoms with Gasteiger partial charge in [0.1, 0.15) is 5.75 Å². The van der Waals surface area contributed by atoms with Crippen LogP contribution in [-0.4, -0.2) is 36.2 Å². The van der Waals surface area contributed by atoms with Gasteiger partial charge in [0.05, 0.1) is 11.6 Å². The lowest BCUT2D eigenvalue weighted by molar-refractivity contribution is 0.163. The van der Waals surface area contributed by atoms with Crippen molar-refractivity contribution in [3.63, 3.8) is 0 Å². The van der Waals surface area contributed by atoms with E-state index in [0.717, 1.165) is 44.6 Å². The highest BCUT2D eigenvalue weighted by Crippen LogP contribution is 2.33. The fourth-order valence-electron chi connectivity index (χ4n) is 2.70. The Labute approximate surface area is 144 Å². The van der Waals surface area contributed by atoms with Crippen molar-refractivity contribution in [2.45, 2.75) is 18.9 Å². The van der Waals surface area contributed by atoms with E-state index in [4.69, 9.17) is 5.26 Å². The van der Waals surface area contributed by atoms with Gasteiger partial charge in [-0.25, -0.2) is 0 Å². The average Bonchev–Trinajstić information content (AvgIpc) is 2.50. The van der Waals surface area contributed by atoms with E-state index in [-0.39, 0.29) is 36.6 Å². The summed E-state index contributed by atoms with van der Waals surface area (Å²) >= 11 is 0. The number of aromatic hydroxyl groups is 1. The molecule has 1 atom stereocenters. The molecule has 0 saturated carbocycles. The summed E-state index contributed by atoms with van der Waals surface area (Å²) in [5.74, 6) is 0.275. The SMILES string of the molecule is C=CCC[C@@H](c1cc(C#N)ccc1O)N1CCNCC1.Cl.Cl. The van der Waals surface area contributed by atoms with Gasteiger partial charge < -0.3 is 10.4 Å². The van der Waals surface area contributed by atoms with Crippen molar-refractivity contribution in [2.24, 2.45) is 0 Å². The van der Waals surface area contributed by atoms with Crippen LogP contribution in [0.5, 0.6) is 5.75 Å². The lowest BCUT2D eigenvalue weighted by atomic mass is 9.97. The van der Waals surface area contributed by atoms with Gasteiger partial charge >= 0.3 is 0 Å².